The quantitative estimate of drug-likeness (QED) is 0.733. The van der Waals surface area contributed by atoms with Gasteiger partial charge in [0.15, 0.2) is 0 Å². The second kappa shape index (κ2) is 5.52. The highest BCUT2D eigenvalue weighted by atomic mass is 16.2. The van der Waals surface area contributed by atoms with E-state index in [9.17, 15) is 4.79 Å². The van der Waals surface area contributed by atoms with Gasteiger partial charge >= 0.3 is 6.03 Å². The minimum atomic E-state index is -0.186. The topological polar surface area (TPSA) is 80.0 Å². The first-order valence-electron chi connectivity index (χ1n) is 6.03. The van der Waals surface area contributed by atoms with Crippen LogP contribution in [0, 0.1) is 0 Å². The molecule has 0 aliphatic heterocycles. The number of rotatable bonds is 2. The number of carbonyl (C=O) groups is 1. The van der Waals surface area contributed by atoms with E-state index >= 15 is 0 Å². The van der Waals surface area contributed by atoms with E-state index in [4.69, 9.17) is 5.73 Å². The van der Waals surface area contributed by atoms with E-state index < -0.39 is 0 Å². The number of nitrogens with zero attached hydrogens (tertiary/aromatic N) is 1. The number of urea groups is 1. The maximum absolute atomic E-state index is 11.7. The number of anilines is 2. The Balaban J connectivity index is 1.82. The van der Waals surface area contributed by atoms with E-state index in [2.05, 4.69) is 15.6 Å². The smallest absolute Gasteiger partial charge is 0.320 e. The molecule has 5 heteroatoms. The predicted octanol–water partition coefficient (Wildman–Crippen LogP) is 2.12. The fourth-order valence-electron chi connectivity index (χ4n) is 2.06. The molecule has 1 aromatic rings. The molecule has 92 valence electrons. The van der Waals surface area contributed by atoms with Crippen molar-refractivity contribution in [3.63, 3.8) is 0 Å². The molecule has 1 aliphatic carbocycles. The Hall–Kier alpha value is -1.78. The second-order valence-corrected chi connectivity index (χ2v) is 4.41. The number of amides is 2. The number of pyridine rings is 1. The summed E-state index contributed by atoms with van der Waals surface area (Å²) in [7, 11) is 0. The van der Waals surface area contributed by atoms with Gasteiger partial charge in [0.05, 0.1) is 11.9 Å². The zero-order valence-corrected chi connectivity index (χ0v) is 9.78. The van der Waals surface area contributed by atoms with Crippen molar-refractivity contribution in [2.75, 3.05) is 11.1 Å². The number of nitrogen functional groups attached to an aromatic ring is 1. The van der Waals surface area contributed by atoms with Crippen LogP contribution in [0.5, 0.6) is 0 Å². The van der Waals surface area contributed by atoms with Crippen LogP contribution >= 0.6 is 0 Å². The van der Waals surface area contributed by atoms with Gasteiger partial charge < -0.3 is 11.1 Å². The van der Waals surface area contributed by atoms with Crippen molar-refractivity contribution >= 4 is 17.5 Å². The van der Waals surface area contributed by atoms with Gasteiger partial charge in [0, 0.05) is 6.04 Å². The molecule has 4 N–H and O–H groups in total. The van der Waals surface area contributed by atoms with E-state index in [1.54, 1.807) is 12.1 Å². The summed E-state index contributed by atoms with van der Waals surface area (Å²) in [5.41, 5.74) is 6.10. The first kappa shape index (κ1) is 11.7. The molecule has 0 atom stereocenters. The largest absolute Gasteiger partial charge is 0.397 e. The van der Waals surface area contributed by atoms with Crippen molar-refractivity contribution in [3.05, 3.63) is 18.3 Å². The summed E-state index contributed by atoms with van der Waals surface area (Å²) in [5, 5.41) is 5.66. The van der Waals surface area contributed by atoms with Crippen molar-refractivity contribution in [2.24, 2.45) is 0 Å². The van der Waals surface area contributed by atoms with Gasteiger partial charge in [-0.05, 0) is 25.0 Å². The molecule has 0 saturated heterocycles. The van der Waals surface area contributed by atoms with Gasteiger partial charge in [0.1, 0.15) is 5.82 Å². The van der Waals surface area contributed by atoms with Gasteiger partial charge in [-0.3, -0.25) is 5.32 Å². The lowest BCUT2D eigenvalue weighted by Gasteiger charge is -2.22. The van der Waals surface area contributed by atoms with Gasteiger partial charge in [-0.2, -0.15) is 0 Å². The summed E-state index contributed by atoms with van der Waals surface area (Å²) >= 11 is 0. The Morgan fingerprint density at radius 1 is 1.29 bits per heavy atom. The van der Waals surface area contributed by atoms with Crippen molar-refractivity contribution < 1.29 is 4.79 Å². The molecule has 2 rings (SSSR count). The summed E-state index contributed by atoms with van der Waals surface area (Å²) in [6, 6.07) is 3.52. The average molecular weight is 234 g/mol. The number of hydrogen-bond donors (Lipinski definition) is 3. The molecule has 0 unspecified atom stereocenters. The van der Waals surface area contributed by atoms with Gasteiger partial charge in [-0.15, -0.1) is 0 Å². The van der Waals surface area contributed by atoms with Crippen LogP contribution in [0.1, 0.15) is 32.1 Å². The summed E-state index contributed by atoms with van der Waals surface area (Å²) in [6.07, 6.45) is 7.34. The van der Waals surface area contributed by atoms with Crippen LogP contribution in [0.2, 0.25) is 0 Å². The van der Waals surface area contributed by atoms with Crippen LogP contribution in [0.4, 0.5) is 16.3 Å². The third-order valence-electron chi connectivity index (χ3n) is 2.97. The third-order valence-corrected chi connectivity index (χ3v) is 2.97. The van der Waals surface area contributed by atoms with Crippen LogP contribution < -0.4 is 16.4 Å². The van der Waals surface area contributed by atoms with Crippen molar-refractivity contribution in [1.82, 2.24) is 10.3 Å². The van der Waals surface area contributed by atoms with Crippen molar-refractivity contribution in [1.29, 1.82) is 0 Å². The van der Waals surface area contributed by atoms with Gasteiger partial charge in [0.25, 0.3) is 0 Å². The molecule has 0 bridgehead atoms. The fraction of sp³-hybridized carbons (Fsp3) is 0.500. The van der Waals surface area contributed by atoms with Crippen LogP contribution in [-0.2, 0) is 0 Å². The molecule has 1 heterocycles. The number of nitrogens with one attached hydrogen (secondary N) is 2. The molecular formula is C12H18N4O. The molecule has 2 amide bonds. The minimum absolute atomic E-state index is 0.186. The molecule has 17 heavy (non-hydrogen) atoms. The number of aromatic nitrogens is 1. The fourth-order valence-corrected chi connectivity index (χ4v) is 2.06. The van der Waals surface area contributed by atoms with E-state index in [-0.39, 0.29) is 6.03 Å². The number of hydrogen-bond acceptors (Lipinski definition) is 3. The van der Waals surface area contributed by atoms with Crippen LogP contribution in [0.15, 0.2) is 18.3 Å². The summed E-state index contributed by atoms with van der Waals surface area (Å²) in [5.74, 6) is 0.521. The van der Waals surface area contributed by atoms with E-state index in [0.717, 1.165) is 12.8 Å². The molecule has 1 aromatic heterocycles. The zero-order chi connectivity index (χ0) is 12.1. The van der Waals surface area contributed by atoms with Gasteiger partial charge in [-0.1, -0.05) is 19.3 Å². The summed E-state index contributed by atoms with van der Waals surface area (Å²) in [6.45, 7) is 0. The summed E-state index contributed by atoms with van der Waals surface area (Å²) in [4.78, 5) is 15.7. The van der Waals surface area contributed by atoms with Crippen LogP contribution in [0.25, 0.3) is 0 Å². The zero-order valence-electron chi connectivity index (χ0n) is 9.78. The maximum Gasteiger partial charge on any atom is 0.320 e. The summed E-state index contributed by atoms with van der Waals surface area (Å²) < 4.78 is 0. The standard InChI is InChI=1S/C12H18N4O/c13-9-6-7-11(14-8-9)16-12(17)15-10-4-2-1-3-5-10/h6-8,10H,1-5,13H2,(H2,14,15,16,17). The molecule has 0 spiro atoms. The maximum atomic E-state index is 11.7. The molecular weight excluding hydrogens is 216 g/mol. The average Bonchev–Trinajstić information content (AvgIpc) is 2.33. The highest BCUT2D eigenvalue weighted by molar-refractivity contribution is 5.88. The predicted molar refractivity (Wildman–Crippen MR) is 67.7 cm³/mol. The highest BCUT2D eigenvalue weighted by Crippen LogP contribution is 2.17. The van der Waals surface area contributed by atoms with Crippen molar-refractivity contribution in [3.8, 4) is 0 Å². The molecule has 1 saturated carbocycles. The Bertz CT molecular complexity index is 371. The van der Waals surface area contributed by atoms with Crippen LogP contribution in [-0.4, -0.2) is 17.1 Å². The van der Waals surface area contributed by atoms with E-state index in [1.165, 1.54) is 25.5 Å². The monoisotopic (exact) mass is 234 g/mol. The molecule has 5 nitrogen and oxygen atoms in total. The molecule has 0 aromatic carbocycles. The van der Waals surface area contributed by atoms with Gasteiger partial charge in [-0.25, -0.2) is 9.78 Å². The Morgan fingerprint density at radius 2 is 2.06 bits per heavy atom. The highest BCUT2D eigenvalue weighted by Gasteiger charge is 2.15. The number of nitrogens with two attached hydrogens (primary N) is 1. The first-order valence-corrected chi connectivity index (χ1v) is 6.03. The van der Waals surface area contributed by atoms with E-state index in [1.807, 2.05) is 0 Å². The lowest BCUT2D eigenvalue weighted by Crippen LogP contribution is -2.39. The molecule has 1 fully saturated rings. The molecule has 1 aliphatic rings. The first-order chi connectivity index (χ1) is 8.24. The van der Waals surface area contributed by atoms with Crippen LogP contribution in [0.3, 0.4) is 0 Å². The second-order valence-electron chi connectivity index (χ2n) is 4.41. The minimum Gasteiger partial charge on any atom is -0.397 e. The Kier molecular flexibility index (Phi) is 3.80. The lowest BCUT2D eigenvalue weighted by atomic mass is 9.96. The Labute approximate surface area is 101 Å². The SMILES string of the molecule is Nc1ccc(NC(=O)NC2CCCCC2)nc1. The van der Waals surface area contributed by atoms with Gasteiger partial charge in [0.2, 0.25) is 0 Å². The Morgan fingerprint density at radius 3 is 2.71 bits per heavy atom. The third kappa shape index (κ3) is 3.62. The molecule has 0 radical (unpaired) electrons. The van der Waals surface area contributed by atoms with Crippen molar-refractivity contribution in [2.45, 2.75) is 38.1 Å². The normalized spacial score (nSPS) is 16.5. The van der Waals surface area contributed by atoms with E-state index in [0.29, 0.717) is 17.5 Å². The lowest BCUT2D eigenvalue weighted by molar-refractivity contribution is 0.244. The number of carbonyl (C=O) groups excluding carboxylic acids is 1.